The number of Topliss-reactive ketones (excluding diaryl/α,β-unsaturated/α-hetero) is 1. The average Bonchev–Trinajstić information content (AvgIpc) is 2.89. The quantitative estimate of drug-likeness (QED) is 0.718. The van der Waals surface area contributed by atoms with E-state index in [1.807, 2.05) is 4.57 Å². The van der Waals surface area contributed by atoms with Crippen molar-refractivity contribution >= 4 is 5.78 Å². The minimum atomic E-state index is -1.79. The van der Waals surface area contributed by atoms with Crippen LogP contribution in [0.3, 0.4) is 0 Å². The highest BCUT2D eigenvalue weighted by Gasteiger charge is 2.01. The molecule has 0 spiro atoms. The van der Waals surface area contributed by atoms with Crippen LogP contribution in [0, 0.1) is 6.92 Å². The Bertz CT molecular complexity index is 561. The SMILES string of the molecule is CC(=O)C(O)O.Cc1ccc(Cn2cncc2CO)cc1. The highest BCUT2D eigenvalue weighted by molar-refractivity contribution is 5.78. The number of aryl methyl sites for hydroxylation is 1. The minimum absolute atomic E-state index is 0.0336. The fraction of sp³-hybridized carbons (Fsp3) is 0.333. The summed E-state index contributed by atoms with van der Waals surface area (Å²) in [5.41, 5.74) is 3.32. The number of hydrogen-bond donors (Lipinski definition) is 3. The molecule has 3 N–H and O–H groups in total. The highest BCUT2D eigenvalue weighted by atomic mass is 16.5. The first kappa shape index (κ1) is 17.0. The Kier molecular flexibility index (Phi) is 6.74. The Morgan fingerprint density at radius 1 is 1.29 bits per heavy atom. The lowest BCUT2D eigenvalue weighted by Gasteiger charge is -2.06. The molecule has 0 amide bonds. The summed E-state index contributed by atoms with van der Waals surface area (Å²) in [5.74, 6) is -0.630. The fourth-order valence-electron chi connectivity index (χ4n) is 1.51. The predicted molar refractivity (Wildman–Crippen MR) is 77.3 cm³/mol. The molecule has 114 valence electrons. The molecular formula is C15H20N2O4. The predicted octanol–water partition coefficient (Wildman–Crippen LogP) is 0.618. The van der Waals surface area contributed by atoms with Gasteiger partial charge in [-0.2, -0.15) is 0 Å². The van der Waals surface area contributed by atoms with Crippen LogP contribution in [0.4, 0.5) is 0 Å². The molecule has 1 heterocycles. The molecule has 2 aromatic rings. The molecular weight excluding hydrogens is 272 g/mol. The van der Waals surface area contributed by atoms with Crippen LogP contribution in [0.15, 0.2) is 36.8 Å². The van der Waals surface area contributed by atoms with Gasteiger partial charge in [-0.3, -0.25) is 4.79 Å². The number of hydrogen-bond acceptors (Lipinski definition) is 5. The van der Waals surface area contributed by atoms with Crippen molar-refractivity contribution in [1.29, 1.82) is 0 Å². The molecule has 1 aromatic carbocycles. The number of aliphatic hydroxyl groups is 3. The van der Waals surface area contributed by atoms with Crippen molar-refractivity contribution in [3.8, 4) is 0 Å². The van der Waals surface area contributed by atoms with Crippen molar-refractivity contribution < 1.29 is 20.1 Å². The van der Waals surface area contributed by atoms with Gasteiger partial charge < -0.3 is 19.9 Å². The first-order valence-corrected chi connectivity index (χ1v) is 6.46. The van der Waals surface area contributed by atoms with Crippen LogP contribution in [-0.2, 0) is 17.9 Å². The topological polar surface area (TPSA) is 95.6 Å². The second-order valence-electron chi connectivity index (χ2n) is 4.64. The normalized spacial score (nSPS) is 10.2. The van der Waals surface area contributed by atoms with Gasteiger partial charge in [-0.1, -0.05) is 29.8 Å². The maximum atomic E-state index is 9.64. The molecule has 6 heteroatoms. The van der Waals surface area contributed by atoms with Gasteiger partial charge in [0.1, 0.15) is 0 Å². The molecule has 0 aliphatic heterocycles. The number of nitrogens with zero attached hydrogens (tertiary/aromatic N) is 2. The first-order chi connectivity index (χ1) is 9.93. The van der Waals surface area contributed by atoms with Gasteiger partial charge in [0, 0.05) is 6.54 Å². The molecule has 2 rings (SSSR count). The Hall–Kier alpha value is -2.02. The lowest BCUT2D eigenvalue weighted by Crippen LogP contribution is -2.14. The number of carbonyl (C=O) groups is 1. The van der Waals surface area contributed by atoms with Gasteiger partial charge >= 0.3 is 0 Å². The second kappa shape index (κ2) is 8.31. The Morgan fingerprint density at radius 3 is 2.33 bits per heavy atom. The van der Waals surface area contributed by atoms with Crippen LogP contribution >= 0.6 is 0 Å². The van der Waals surface area contributed by atoms with E-state index in [-0.39, 0.29) is 6.61 Å². The maximum Gasteiger partial charge on any atom is 0.212 e. The summed E-state index contributed by atoms with van der Waals surface area (Å²) in [7, 11) is 0. The summed E-state index contributed by atoms with van der Waals surface area (Å²) < 4.78 is 1.95. The molecule has 21 heavy (non-hydrogen) atoms. The third-order valence-corrected chi connectivity index (χ3v) is 2.80. The van der Waals surface area contributed by atoms with Crippen molar-refractivity contribution in [2.45, 2.75) is 33.3 Å². The van der Waals surface area contributed by atoms with Crippen LogP contribution in [0.25, 0.3) is 0 Å². The molecule has 6 nitrogen and oxygen atoms in total. The van der Waals surface area contributed by atoms with Crippen LogP contribution in [0.2, 0.25) is 0 Å². The summed E-state index contributed by atoms with van der Waals surface area (Å²) >= 11 is 0. The van der Waals surface area contributed by atoms with Crippen molar-refractivity contribution in [3.63, 3.8) is 0 Å². The lowest BCUT2D eigenvalue weighted by atomic mass is 10.1. The van der Waals surface area contributed by atoms with Gasteiger partial charge in [-0.25, -0.2) is 4.98 Å². The molecule has 1 aromatic heterocycles. The van der Waals surface area contributed by atoms with Gasteiger partial charge in [-0.15, -0.1) is 0 Å². The number of benzene rings is 1. The molecule has 0 radical (unpaired) electrons. The zero-order valence-corrected chi connectivity index (χ0v) is 12.1. The third kappa shape index (κ3) is 5.86. The minimum Gasteiger partial charge on any atom is -0.390 e. The van der Waals surface area contributed by atoms with Crippen molar-refractivity contribution in [1.82, 2.24) is 9.55 Å². The molecule has 0 saturated heterocycles. The number of aromatic nitrogens is 2. The first-order valence-electron chi connectivity index (χ1n) is 6.46. The van der Waals surface area contributed by atoms with E-state index in [1.165, 1.54) is 11.1 Å². The standard InChI is InChI=1S/C12H14N2O.C3H6O3/c1-10-2-4-11(5-3-10)7-14-9-13-6-12(14)8-15;1-2(4)3(5)6/h2-6,9,15H,7-8H2,1H3;3,5-6H,1H3. The largest absolute Gasteiger partial charge is 0.390 e. The van der Waals surface area contributed by atoms with Crippen molar-refractivity contribution in [2.24, 2.45) is 0 Å². The van der Waals surface area contributed by atoms with Gasteiger partial charge in [0.15, 0.2) is 5.78 Å². The number of carbonyl (C=O) groups excluding carboxylic acids is 1. The summed E-state index contributed by atoms with van der Waals surface area (Å²) in [5, 5.41) is 24.7. The van der Waals surface area contributed by atoms with E-state index in [0.29, 0.717) is 0 Å². The molecule has 0 fully saturated rings. The Morgan fingerprint density at radius 2 is 1.86 bits per heavy atom. The number of imidazole rings is 1. The van der Waals surface area contributed by atoms with Gasteiger partial charge in [0.2, 0.25) is 6.29 Å². The van der Waals surface area contributed by atoms with Gasteiger partial charge in [0.25, 0.3) is 0 Å². The third-order valence-electron chi connectivity index (χ3n) is 2.80. The van der Waals surface area contributed by atoms with Crippen LogP contribution < -0.4 is 0 Å². The monoisotopic (exact) mass is 292 g/mol. The zero-order valence-electron chi connectivity index (χ0n) is 12.1. The zero-order chi connectivity index (χ0) is 15.8. The maximum absolute atomic E-state index is 9.64. The van der Waals surface area contributed by atoms with Gasteiger partial charge in [0.05, 0.1) is 24.8 Å². The average molecular weight is 292 g/mol. The lowest BCUT2D eigenvalue weighted by molar-refractivity contribution is -0.142. The summed E-state index contributed by atoms with van der Waals surface area (Å²) in [6.07, 6.45) is 1.64. The summed E-state index contributed by atoms with van der Waals surface area (Å²) in [4.78, 5) is 13.7. The summed E-state index contributed by atoms with van der Waals surface area (Å²) in [6.45, 7) is 3.97. The van der Waals surface area contributed by atoms with E-state index in [4.69, 9.17) is 15.3 Å². The van der Waals surface area contributed by atoms with Crippen LogP contribution in [0.1, 0.15) is 23.7 Å². The Balaban J connectivity index is 0.000000315. The fourth-order valence-corrected chi connectivity index (χ4v) is 1.51. The number of rotatable bonds is 4. The van der Waals surface area contributed by atoms with Gasteiger partial charge in [-0.05, 0) is 19.4 Å². The Labute approximate surface area is 123 Å². The van der Waals surface area contributed by atoms with Crippen molar-refractivity contribution in [3.05, 3.63) is 53.6 Å². The molecule has 0 unspecified atom stereocenters. The van der Waals surface area contributed by atoms with E-state index >= 15 is 0 Å². The van der Waals surface area contributed by atoms with E-state index in [9.17, 15) is 4.79 Å². The van der Waals surface area contributed by atoms with Crippen LogP contribution in [0.5, 0.6) is 0 Å². The van der Waals surface area contributed by atoms with E-state index in [0.717, 1.165) is 19.2 Å². The number of aliphatic hydroxyl groups excluding tert-OH is 2. The summed E-state index contributed by atoms with van der Waals surface area (Å²) in [6, 6.07) is 8.36. The van der Waals surface area contributed by atoms with E-state index < -0.39 is 12.1 Å². The molecule has 0 aliphatic rings. The molecule has 0 atom stereocenters. The number of ketones is 1. The molecule has 0 saturated carbocycles. The second-order valence-corrected chi connectivity index (χ2v) is 4.64. The molecule has 0 aliphatic carbocycles. The van der Waals surface area contributed by atoms with Crippen molar-refractivity contribution in [2.75, 3.05) is 0 Å². The van der Waals surface area contributed by atoms with E-state index in [1.54, 1.807) is 12.5 Å². The highest BCUT2D eigenvalue weighted by Crippen LogP contribution is 2.07. The smallest absolute Gasteiger partial charge is 0.212 e. The molecule has 0 bridgehead atoms. The van der Waals surface area contributed by atoms with E-state index in [2.05, 4.69) is 36.2 Å². The van der Waals surface area contributed by atoms with Crippen LogP contribution in [-0.4, -0.2) is 36.9 Å².